The molecule has 0 saturated carbocycles. The summed E-state index contributed by atoms with van der Waals surface area (Å²) in [6.07, 6.45) is 1.91. The van der Waals surface area contributed by atoms with Crippen molar-refractivity contribution in [3.05, 3.63) is 40.7 Å². The van der Waals surface area contributed by atoms with Crippen LogP contribution in [-0.2, 0) is 0 Å². The van der Waals surface area contributed by atoms with Crippen LogP contribution in [0.25, 0.3) is 6.08 Å². The molecule has 0 saturated heterocycles. The number of halogens is 1. The van der Waals surface area contributed by atoms with Gasteiger partial charge in [-0.2, -0.15) is 0 Å². The van der Waals surface area contributed by atoms with Gasteiger partial charge in [0, 0.05) is 12.1 Å². The molecule has 0 radical (unpaired) electrons. The van der Waals surface area contributed by atoms with Crippen LogP contribution in [0.5, 0.6) is 0 Å². The molecule has 0 bridgehead atoms. The van der Waals surface area contributed by atoms with Gasteiger partial charge >= 0.3 is 0 Å². The molecule has 0 aliphatic carbocycles. The van der Waals surface area contributed by atoms with Gasteiger partial charge in [-0.05, 0) is 38.4 Å². The summed E-state index contributed by atoms with van der Waals surface area (Å²) in [5.74, 6) is 0.484. The van der Waals surface area contributed by atoms with Gasteiger partial charge in [0.2, 0.25) is 0 Å². The fourth-order valence-electron chi connectivity index (χ4n) is 1.65. The van der Waals surface area contributed by atoms with Crippen molar-refractivity contribution in [2.24, 2.45) is 5.92 Å². The van der Waals surface area contributed by atoms with Crippen LogP contribution >= 0.6 is 0 Å². The third-order valence-corrected chi connectivity index (χ3v) is 2.51. The summed E-state index contributed by atoms with van der Waals surface area (Å²) in [7, 11) is 0. The van der Waals surface area contributed by atoms with Crippen LogP contribution in [0.1, 0.15) is 31.9 Å². The Morgan fingerprint density at radius 3 is 2.76 bits per heavy atom. The van der Waals surface area contributed by atoms with E-state index < -0.39 is 0 Å². The fourth-order valence-corrected chi connectivity index (χ4v) is 1.65. The lowest BCUT2D eigenvalue weighted by molar-refractivity contribution is 0.572. The predicted molar refractivity (Wildman–Crippen MR) is 72.5 cm³/mol. The third kappa shape index (κ3) is 5.14. The van der Waals surface area contributed by atoms with Crippen LogP contribution in [0.4, 0.5) is 4.39 Å². The first-order valence-corrected chi connectivity index (χ1v) is 6.13. The Hall–Kier alpha value is -1.15. The summed E-state index contributed by atoms with van der Waals surface area (Å²) in [6.45, 7) is 10.1. The summed E-state index contributed by atoms with van der Waals surface area (Å²) in [5, 5.41) is 3.35. The van der Waals surface area contributed by atoms with Gasteiger partial charge in [-0.15, -0.1) is 0 Å². The minimum atomic E-state index is -0.154. The van der Waals surface area contributed by atoms with Crippen LogP contribution in [0.2, 0.25) is 0 Å². The lowest BCUT2D eigenvalue weighted by Crippen LogP contribution is -2.21. The molecule has 17 heavy (non-hydrogen) atoms. The van der Waals surface area contributed by atoms with Crippen LogP contribution in [0.3, 0.4) is 0 Å². The molecule has 1 aromatic carbocycles. The van der Waals surface area contributed by atoms with Gasteiger partial charge in [0.25, 0.3) is 0 Å². The van der Waals surface area contributed by atoms with Crippen molar-refractivity contribution in [3.8, 4) is 0 Å². The van der Waals surface area contributed by atoms with Crippen molar-refractivity contribution in [1.29, 1.82) is 0 Å². The molecule has 0 aliphatic rings. The van der Waals surface area contributed by atoms with Crippen molar-refractivity contribution in [2.45, 2.75) is 27.7 Å². The van der Waals surface area contributed by atoms with Gasteiger partial charge in [0.1, 0.15) is 5.82 Å². The Labute approximate surface area is 104 Å². The van der Waals surface area contributed by atoms with Crippen LogP contribution in [0.15, 0.2) is 23.8 Å². The van der Waals surface area contributed by atoms with E-state index in [1.54, 1.807) is 6.07 Å². The highest BCUT2D eigenvalue weighted by molar-refractivity contribution is 5.54. The van der Waals surface area contributed by atoms with E-state index in [1.807, 2.05) is 26.0 Å². The number of hydrogen-bond acceptors (Lipinski definition) is 1. The maximum absolute atomic E-state index is 13.5. The summed E-state index contributed by atoms with van der Waals surface area (Å²) in [6, 6.07) is 5.19. The van der Waals surface area contributed by atoms with Gasteiger partial charge < -0.3 is 5.32 Å². The average Bonchev–Trinajstić information content (AvgIpc) is 2.23. The lowest BCUT2D eigenvalue weighted by atomic mass is 10.1. The second-order valence-electron chi connectivity index (χ2n) is 5.04. The SMILES string of the molecule is C/C(=C\c1cc(C)ccc1F)CNCC(C)C. The molecular weight excluding hydrogens is 213 g/mol. The predicted octanol–water partition coefficient (Wildman–Crippen LogP) is 3.78. The Bertz CT molecular complexity index is 394. The van der Waals surface area contributed by atoms with Crippen LogP contribution in [0, 0.1) is 18.7 Å². The van der Waals surface area contributed by atoms with Gasteiger partial charge in [-0.3, -0.25) is 0 Å². The Morgan fingerprint density at radius 2 is 2.12 bits per heavy atom. The topological polar surface area (TPSA) is 12.0 Å². The quantitative estimate of drug-likeness (QED) is 0.819. The monoisotopic (exact) mass is 235 g/mol. The highest BCUT2D eigenvalue weighted by atomic mass is 19.1. The second kappa shape index (κ2) is 6.55. The van der Waals surface area contributed by atoms with Crippen molar-refractivity contribution in [3.63, 3.8) is 0 Å². The average molecular weight is 235 g/mol. The Morgan fingerprint density at radius 1 is 1.41 bits per heavy atom. The van der Waals surface area contributed by atoms with Crippen LogP contribution < -0.4 is 5.32 Å². The second-order valence-corrected chi connectivity index (χ2v) is 5.04. The molecule has 2 heteroatoms. The molecule has 0 fully saturated rings. The molecule has 0 aromatic heterocycles. The van der Waals surface area contributed by atoms with Gasteiger partial charge in [-0.25, -0.2) is 4.39 Å². The maximum Gasteiger partial charge on any atom is 0.130 e. The summed E-state index contributed by atoms with van der Waals surface area (Å²) in [4.78, 5) is 0. The number of aryl methyl sites for hydroxylation is 1. The van der Waals surface area contributed by atoms with Crippen molar-refractivity contribution in [1.82, 2.24) is 5.32 Å². The summed E-state index contributed by atoms with van der Waals surface area (Å²) in [5.41, 5.74) is 2.91. The molecule has 0 atom stereocenters. The van der Waals surface area contributed by atoms with E-state index in [9.17, 15) is 4.39 Å². The zero-order chi connectivity index (χ0) is 12.8. The van der Waals surface area contributed by atoms with Gasteiger partial charge in [0.05, 0.1) is 0 Å². The normalized spacial score (nSPS) is 12.2. The van der Waals surface area contributed by atoms with E-state index in [0.717, 1.165) is 24.2 Å². The Balaban J connectivity index is 2.63. The molecule has 1 rings (SSSR count). The minimum absolute atomic E-state index is 0.154. The standard InChI is InChI=1S/C15H22FN/c1-11(2)9-17-10-13(4)8-14-7-12(3)5-6-15(14)16/h5-8,11,17H,9-10H2,1-4H3/b13-8+. The number of nitrogens with one attached hydrogen (secondary N) is 1. The third-order valence-electron chi connectivity index (χ3n) is 2.51. The molecule has 94 valence electrons. The smallest absolute Gasteiger partial charge is 0.130 e. The van der Waals surface area contributed by atoms with Gasteiger partial charge in [0.15, 0.2) is 0 Å². The zero-order valence-electron chi connectivity index (χ0n) is 11.2. The number of hydrogen-bond donors (Lipinski definition) is 1. The van der Waals surface area contributed by atoms with E-state index in [1.165, 1.54) is 6.07 Å². The number of rotatable bonds is 5. The van der Waals surface area contributed by atoms with E-state index in [0.29, 0.717) is 11.5 Å². The van der Waals surface area contributed by atoms with E-state index in [-0.39, 0.29) is 5.82 Å². The molecular formula is C15H22FN. The van der Waals surface area contributed by atoms with Crippen LogP contribution in [-0.4, -0.2) is 13.1 Å². The largest absolute Gasteiger partial charge is 0.313 e. The first kappa shape index (κ1) is 13.9. The molecule has 1 nitrogen and oxygen atoms in total. The summed E-state index contributed by atoms with van der Waals surface area (Å²) < 4.78 is 13.5. The van der Waals surface area contributed by atoms with Crippen molar-refractivity contribution >= 4 is 6.08 Å². The van der Waals surface area contributed by atoms with E-state index >= 15 is 0 Å². The number of benzene rings is 1. The fraction of sp³-hybridized carbons (Fsp3) is 0.467. The molecule has 0 spiro atoms. The van der Waals surface area contributed by atoms with Gasteiger partial charge in [-0.1, -0.05) is 37.1 Å². The minimum Gasteiger partial charge on any atom is -0.313 e. The summed E-state index contributed by atoms with van der Waals surface area (Å²) >= 11 is 0. The molecule has 1 N–H and O–H groups in total. The first-order chi connectivity index (χ1) is 7.99. The molecule has 0 amide bonds. The van der Waals surface area contributed by atoms with E-state index in [2.05, 4.69) is 19.2 Å². The first-order valence-electron chi connectivity index (χ1n) is 6.13. The highest BCUT2D eigenvalue weighted by Gasteiger charge is 2.00. The molecule has 1 aromatic rings. The van der Waals surface area contributed by atoms with Crippen molar-refractivity contribution < 1.29 is 4.39 Å². The molecule has 0 unspecified atom stereocenters. The Kier molecular flexibility index (Phi) is 5.36. The lowest BCUT2D eigenvalue weighted by Gasteiger charge is -2.08. The maximum atomic E-state index is 13.5. The van der Waals surface area contributed by atoms with E-state index in [4.69, 9.17) is 0 Å². The highest BCUT2D eigenvalue weighted by Crippen LogP contribution is 2.13. The van der Waals surface area contributed by atoms with Crippen molar-refractivity contribution in [2.75, 3.05) is 13.1 Å². The molecule has 0 aliphatic heterocycles. The molecule has 0 heterocycles. The zero-order valence-corrected chi connectivity index (χ0v) is 11.2.